The Morgan fingerprint density at radius 2 is 1.76 bits per heavy atom. The van der Waals surface area contributed by atoms with Crippen molar-refractivity contribution in [2.24, 2.45) is 5.10 Å². The van der Waals surface area contributed by atoms with Crippen molar-refractivity contribution in [3.63, 3.8) is 0 Å². The molecule has 0 aliphatic carbocycles. The van der Waals surface area contributed by atoms with Gasteiger partial charge in [0.05, 0.1) is 19.4 Å². The second-order valence-electron chi connectivity index (χ2n) is 6.90. The summed E-state index contributed by atoms with van der Waals surface area (Å²) in [6, 6.07) is 5.91. The molecule has 2 aromatic rings. The second-order valence-corrected chi connectivity index (χ2v) is 7.67. The molecule has 0 radical (unpaired) electrons. The number of nitrogens with zero attached hydrogens (tertiary/aromatic N) is 4. The van der Waals surface area contributed by atoms with Gasteiger partial charge in [0, 0.05) is 0 Å². The van der Waals surface area contributed by atoms with Crippen LogP contribution in [0.3, 0.4) is 0 Å². The SMILES string of the molecule is CCCCCCCCCOc1ccc(/C=N\n2c(C)nnc2SC)cc1OCC. The maximum absolute atomic E-state index is 5.98. The first-order chi connectivity index (χ1) is 14.2. The van der Waals surface area contributed by atoms with E-state index in [0.29, 0.717) is 6.61 Å². The van der Waals surface area contributed by atoms with Crippen LogP contribution >= 0.6 is 11.8 Å². The molecule has 0 amide bonds. The fourth-order valence-electron chi connectivity index (χ4n) is 2.96. The molecule has 29 heavy (non-hydrogen) atoms. The summed E-state index contributed by atoms with van der Waals surface area (Å²) in [6.07, 6.45) is 12.6. The first-order valence-electron chi connectivity index (χ1n) is 10.6. The van der Waals surface area contributed by atoms with Crippen molar-refractivity contribution in [2.45, 2.75) is 70.9 Å². The number of rotatable bonds is 14. The first kappa shape index (κ1) is 23.3. The van der Waals surface area contributed by atoms with E-state index in [-0.39, 0.29) is 0 Å². The predicted octanol–water partition coefficient (Wildman–Crippen LogP) is 5.72. The van der Waals surface area contributed by atoms with Crippen LogP contribution in [0, 0.1) is 6.92 Å². The Morgan fingerprint density at radius 1 is 1.00 bits per heavy atom. The third-order valence-corrected chi connectivity index (χ3v) is 5.17. The summed E-state index contributed by atoms with van der Waals surface area (Å²) in [5.41, 5.74) is 0.942. The van der Waals surface area contributed by atoms with E-state index < -0.39 is 0 Å². The molecule has 0 unspecified atom stereocenters. The first-order valence-corrected chi connectivity index (χ1v) is 11.8. The molecule has 0 saturated heterocycles. The van der Waals surface area contributed by atoms with E-state index in [2.05, 4.69) is 22.2 Å². The number of hydrogen-bond acceptors (Lipinski definition) is 6. The largest absolute Gasteiger partial charge is 0.490 e. The van der Waals surface area contributed by atoms with Crippen molar-refractivity contribution in [2.75, 3.05) is 19.5 Å². The van der Waals surface area contributed by atoms with Gasteiger partial charge in [0.25, 0.3) is 0 Å². The highest BCUT2D eigenvalue weighted by Gasteiger charge is 2.08. The van der Waals surface area contributed by atoms with E-state index in [4.69, 9.17) is 9.47 Å². The maximum atomic E-state index is 5.98. The number of thioether (sulfide) groups is 1. The molecule has 0 aliphatic heterocycles. The minimum atomic E-state index is 0.593. The van der Waals surface area contributed by atoms with Gasteiger partial charge in [0.2, 0.25) is 5.16 Å². The van der Waals surface area contributed by atoms with Crippen LogP contribution in [-0.2, 0) is 0 Å². The lowest BCUT2D eigenvalue weighted by molar-refractivity contribution is 0.270. The third-order valence-electron chi connectivity index (χ3n) is 4.55. The van der Waals surface area contributed by atoms with Gasteiger partial charge >= 0.3 is 0 Å². The van der Waals surface area contributed by atoms with Crippen LogP contribution in [0.5, 0.6) is 11.5 Å². The molecule has 1 heterocycles. The standard InChI is InChI=1S/C22H34N4O2S/c1-5-7-8-9-10-11-12-15-28-20-14-13-19(16-21(20)27-6-2)17-23-26-18(3)24-25-22(26)29-4/h13-14,16-17H,5-12,15H2,1-4H3/b23-17-. The van der Waals surface area contributed by atoms with Gasteiger partial charge in [-0.3, -0.25) is 0 Å². The van der Waals surface area contributed by atoms with E-state index in [1.807, 2.05) is 38.3 Å². The molecule has 7 heteroatoms. The molecule has 0 atom stereocenters. The van der Waals surface area contributed by atoms with Crippen LogP contribution in [0.1, 0.15) is 70.2 Å². The third kappa shape index (κ3) is 7.72. The normalized spacial score (nSPS) is 11.3. The van der Waals surface area contributed by atoms with Gasteiger partial charge in [-0.15, -0.1) is 10.2 Å². The molecular formula is C22H34N4O2S. The summed E-state index contributed by atoms with van der Waals surface area (Å²) < 4.78 is 13.5. The van der Waals surface area contributed by atoms with E-state index in [0.717, 1.165) is 41.1 Å². The van der Waals surface area contributed by atoms with E-state index in [1.54, 1.807) is 10.9 Å². The fraction of sp³-hybridized carbons (Fsp3) is 0.591. The Hall–Kier alpha value is -2.02. The van der Waals surface area contributed by atoms with E-state index in [9.17, 15) is 0 Å². The van der Waals surface area contributed by atoms with E-state index in [1.165, 1.54) is 50.3 Å². The van der Waals surface area contributed by atoms with Crippen molar-refractivity contribution in [1.82, 2.24) is 14.9 Å². The summed E-state index contributed by atoms with van der Waals surface area (Å²) in [6.45, 7) is 7.43. The number of ether oxygens (including phenoxy) is 2. The van der Waals surface area contributed by atoms with Crippen LogP contribution in [0.2, 0.25) is 0 Å². The lowest BCUT2D eigenvalue weighted by Crippen LogP contribution is -2.02. The quantitative estimate of drug-likeness (QED) is 0.223. The van der Waals surface area contributed by atoms with Gasteiger partial charge in [-0.2, -0.15) is 9.78 Å². The lowest BCUT2D eigenvalue weighted by Gasteiger charge is -2.12. The number of aromatic nitrogens is 3. The van der Waals surface area contributed by atoms with Gasteiger partial charge in [-0.05, 0) is 50.3 Å². The van der Waals surface area contributed by atoms with Crippen LogP contribution < -0.4 is 9.47 Å². The topological polar surface area (TPSA) is 61.5 Å². The summed E-state index contributed by atoms with van der Waals surface area (Å²) in [7, 11) is 0. The molecule has 0 saturated carbocycles. The maximum Gasteiger partial charge on any atom is 0.211 e. The zero-order chi connectivity index (χ0) is 20.9. The zero-order valence-corrected chi connectivity index (χ0v) is 19.0. The van der Waals surface area contributed by atoms with Gasteiger partial charge in [-0.1, -0.05) is 57.2 Å². The average Bonchev–Trinajstić information content (AvgIpc) is 3.09. The summed E-state index contributed by atoms with van der Waals surface area (Å²) in [5, 5.41) is 13.4. The zero-order valence-electron chi connectivity index (χ0n) is 18.2. The molecule has 0 spiro atoms. The highest BCUT2D eigenvalue weighted by Crippen LogP contribution is 2.28. The van der Waals surface area contributed by atoms with Crippen molar-refractivity contribution in [1.29, 1.82) is 0 Å². The molecule has 1 aromatic heterocycles. The van der Waals surface area contributed by atoms with Gasteiger partial charge in [0.1, 0.15) is 0 Å². The second kappa shape index (κ2) is 13.2. The highest BCUT2D eigenvalue weighted by atomic mass is 32.2. The smallest absolute Gasteiger partial charge is 0.211 e. The lowest BCUT2D eigenvalue weighted by atomic mass is 10.1. The average molecular weight is 419 g/mol. The number of benzene rings is 1. The Labute approximate surface area is 179 Å². The molecule has 0 fully saturated rings. The molecule has 0 bridgehead atoms. The van der Waals surface area contributed by atoms with Crippen LogP contribution in [0.25, 0.3) is 0 Å². The van der Waals surface area contributed by atoms with Crippen molar-refractivity contribution in [3.8, 4) is 11.5 Å². The minimum Gasteiger partial charge on any atom is -0.490 e. The van der Waals surface area contributed by atoms with Crippen LogP contribution in [0.15, 0.2) is 28.5 Å². The Morgan fingerprint density at radius 3 is 2.48 bits per heavy atom. The van der Waals surface area contributed by atoms with E-state index >= 15 is 0 Å². The summed E-state index contributed by atoms with van der Waals surface area (Å²) in [4.78, 5) is 0. The fourth-order valence-corrected chi connectivity index (χ4v) is 3.43. The van der Waals surface area contributed by atoms with Gasteiger partial charge in [0.15, 0.2) is 17.3 Å². The molecule has 1 aromatic carbocycles. The molecule has 160 valence electrons. The summed E-state index contributed by atoms with van der Waals surface area (Å²) >= 11 is 1.51. The molecule has 0 N–H and O–H groups in total. The molecule has 2 rings (SSSR count). The number of hydrogen-bond donors (Lipinski definition) is 0. The van der Waals surface area contributed by atoms with Gasteiger partial charge < -0.3 is 9.47 Å². The monoisotopic (exact) mass is 418 g/mol. The van der Waals surface area contributed by atoms with Gasteiger partial charge in [-0.25, -0.2) is 0 Å². The predicted molar refractivity (Wildman–Crippen MR) is 121 cm³/mol. The highest BCUT2D eigenvalue weighted by molar-refractivity contribution is 7.98. The molecule has 0 aliphatic rings. The van der Waals surface area contributed by atoms with Crippen LogP contribution in [0.4, 0.5) is 0 Å². The molecular weight excluding hydrogens is 384 g/mol. The van der Waals surface area contributed by atoms with Crippen molar-refractivity contribution < 1.29 is 9.47 Å². The number of unbranched alkanes of at least 4 members (excludes halogenated alkanes) is 6. The molecule has 6 nitrogen and oxygen atoms in total. The Balaban J connectivity index is 1.92. The van der Waals surface area contributed by atoms with Crippen LogP contribution in [-0.4, -0.2) is 40.6 Å². The van der Waals surface area contributed by atoms with Crippen molar-refractivity contribution in [3.05, 3.63) is 29.6 Å². The minimum absolute atomic E-state index is 0.593. The summed E-state index contributed by atoms with van der Waals surface area (Å²) in [5.74, 6) is 2.30. The Kier molecular flexibility index (Phi) is 10.6. The van der Waals surface area contributed by atoms with Crippen molar-refractivity contribution >= 4 is 18.0 Å². The number of aryl methyl sites for hydroxylation is 1. The Bertz CT molecular complexity index is 761.